The Morgan fingerprint density at radius 1 is 1.00 bits per heavy atom. The van der Waals surface area contributed by atoms with Gasteiger partial charge in [-0.3, -0.25) is 9.59 Å². The van der Waals surface area contributed by atoms with Crippen LogP contribution in [0.1, 0.15) is 19.4 Å². The van der Waals surface area contributed by atoms with Crippen molar-refractivity contribution in [1.82, 2.24) is 0 Å². The predicted octanol–water partition coefficient (Wildman–Crippen LogP) is 1.46. The third-order valence-electron chi connectivity index (χ3n) is 4.08. The van der Waals surface area contributed by atoms with Crippen molar-refractivity contribution >= 4 is 11.9 Å². The summed E-state index contributed by atoms with van der Waals surface area (Å²) < 4.78 is 21.9. The van der Waals surface area contributed by atoms with E-state index >= 15 is 0 Å². The molecule has 3 rings (SSSR count). The first-order valence-electron chi connectivity index (χ1n) is 7.68. The van der Waals surface area contributed by atoms with Gasteiger partial charge in [0.1, 0.15) is 24.4 Å². The summed E-state index contributed by atoms with van der Waals surface area (Å²) in [6, 6.07) is 9.78. The summed E-state index contributed by atoms with van der Waals surface area (Å²) in [6.07, 6.45) is -1.27. The van der Waals surface area contributed by atoms with Gasteiger partial charge in [-0.2, -0.15) is 0 Å². The lowest BCUT2D eigenvalue weighted by atomic mass is 10.0. The largest absolute Gasteiger partial charge is 0.459 e. The van der Waals surface area contributed by atoms with Crippen LogP contribution in [0.25, 0.3) is 0 Å². The standard InChI is InChI=1S/C17H20O6/c1-10(18)21-14-13(9-20-8-12-6-4-3-5-7-12)15(22-11(2)19)17-16(14)23-17/h3-7,13-17H,8-9H2,1-2H3/t13?,14-,15+,16+,17-. The maximum Gasteiger partial charge on any atom is 0.303 e. The zero-order valence-electron chi connectivity index (χ0n) is 13.1. The predicted molar refractivity (Wildman–Crippen MR) is 79.4 cm³/mol. The summed E-state index contributed by atoms with van der Waals surface area (Å²) in [4.78, 5) is 22.6. The topological polar surface area (TPSA) is 74.4 Å². The summed E-state index contributed by atoms with van der Waals surface area (Å²) in [5, 5.41) is 0. The van der Waals surface area contributed by atoms with E-state index in [1.165, 1.54) is 13.8 Å². The molecular formula is C17H20O6. The first-order valence-corrected chi connectivity index (χ1v) is 7.68. The van der Waals surface area contributed by atoms with Gasteiger partial charge in [-0.1, -0.05) is 30.3 Å². The van der Waals surface area contributed by atoms with Crippen molar-refractivity contribution in [2.24, 2.45) is 5.92 Å². The molecule has 1 saturated heterocycles. The molecule has 1 heterocycles. The fraction of sp³-hybridized carbons (Fsp3) is 0.529. The highest BCUT2D eigenvalue weighted by Crippen LogP contribution is 2.46. The number of fused-ring (bicyclic) bond motifs is 1. The SMILES string of the molecule is CC(=O)O[C@@H]1C(COCc2ccccc2)[C@H](OC(C)=O)[C@H]2O[C@H]21. The second-order valence-corrected chi connectivity index (χ2v) is 5.88. The second kappa shape index (κ2) is 6.68. The van der Waals surface area contributed by atoms with Crippen LogP contribution in [-0.4, -0.2) is 43.0 Å². The summed E-state index contributed by atoms with van der Waals surface area (Å²) >= 11 is 0. The maximum atomic E-state index is 11.3. The van der Waals surface area contributed by atoms with E-state index in [1.54, 1.807) is 0 Å². The lowest BCUT2D eigenvalue weighted by Gasteiger charge is -2.26. The van der Waals surface area contributed by atoms with E-state index in [0.29, 0.717) is 13.2 Å². The van der Waals surface area contributed by atoms with Gasteiger partial charge >= 0.3 is 11.9 Å². The third-order valence-corrected chi connectivity index (χ3v) is 4.08. The third kappa shape index (κ3) is 3.71. The van der Waals surface area contributed by atoms with Crippen LogP contribution in [0.5, 0.6) is 0 Å². The molecule has 1 aromatic carbocycles. The molecule has 23 heavy (non-hydrogen) atoms. The van der Waals surface area contributed by atoms with Crippen LogP contribution < -0.4 is 0 Å². The lowest BCUT2D eigenvalue weighted by molar-refractivity contribution is -0.163. The maximum absolute atomic E-state index is 11.3. The van der Waals surface area contributed by atoms with Crippen LogP contribution in [0.3, 0.4) is 0 Å². The number of esters is 2. The lowest BCUT2D eigenvalue weighted by Crippen LogP contribution is -2.38. The van der Waals surface area contributed by atoms with Gasteiger partial charge in [0, 0.05) is 13.8 Å². The Morgan fingerprint density at radius 2 is 1.57 bits per heavy atom. The molecule has 2 aliphatic rings. The van der Waals surface area contributed by atoms with Crippen molar-refractivity contribution in [3.63, 3.8) is 0 Å². The molecule has 124 valence electrons. The number of rotatable bonds is 6. The number of benzene rings is 1. The molecule has 0 spiro atoms. The molecule has 0 N–H and O–H groups in total. The average Bonchev–Trinajstić information content (AvgIpc) is 3.24. The number of hydrogen-bond acceptors (Lipinski definition) is 6. The first kappa shape index (κ1) is 16.0. The van der Waals surface area contributed by atoms with Crippen LogP contribution in [0, 0.1) is 5.92 Å². The number of carbonyl (C=O) groups excluding carboxylic acids is 2. The Hall–Kier alpha value is -1.92. The smallest absolute Gasteiger partial charge is 0.303 e. The van der Waals surface area contributed by atoms with Gasteiger partial charge in [0.25, 0.3) is 0 Å². The number of hydrogen-bond donors (Lipinski definition) is 0. The number of epoxide rings is 1. The molecule has 6 nitrogen and oxygen atoms in total. The zero-order valence-corrected chi connectivity index (χ0v) is 13.1. The quantitative estimate of drug-likeness (QED) is 0.583. The molecular weight excluding hydrogens is 300 g/mol. The Labute approximate surface area is 134 Å². The molecule has 5 atom stereocenters. The highest BCUT2D eigenvalue weighted by Gasteiger charge is 2.65. The van der Waals surface area contributed by atoms with Crippen LogP contribution >= 0.6 is 0 Å². The Kier molecular flexibility index (Phi) is 4.63. The first-order chi connectivity index (χ1) is 11.1. The minimum atomic E-state index is -0.433. The molecule has 1 unspecified atom stereocenters. The van der Waals surface area contributed by atoms with Gasteiger partial charge in [0.2, 0.25) is 0 Å². The fourth-order valence-electron chi connectivity index (χ4n) is 3.11. The number of carbonyl (C=O) groups is 2. The van der Waals surface area contributed by atoms with Gasteiger partial charge in [0.05, 0.1) is 19.1 Å². The van der Waals surface area contributed by atoms with E-state index in [-0.39, 0.29) is 30.1 Å². The molecule has 0 aromatic heterocycles. The highest BCUT2D eigenvalue weighted by molar-refractivity contribution is 5.67. The Balaban J connectivity index is 1.62. The summed E-state index contributed by atoms with van der Waals surface area (Å²) in [5.74, 6) is -0.961. The summed E-state index contributed by atoms with van der Waals surface area (Å²) in [7, 11) is 0. The monoisotopic (exact) mass is 320 g/mol. The van der Waals surface area contributed by atoms with E-state index in [2.05, 4.69) is 0 Å². The van der Waals surface area contributed by atoms with Gasteiger partial charge in [-0.05, 0) is 5.56 Å². The minimum absolute atomic E-state index is 0.200. The second-order valence-electron chi connectivity index (χ2n) is 5.88. The van der Waals surface area contributed by atoms with Crippen LogP contribution in [0.2, 0.25) is 0 Å². The zero-order chi connectivity index (χ0) is 16.4. The van der Waals surface area contributed by atoms with E-state index in [0.717, 1.165) is 5.56 Å². The highest BCUT2D eigenvalue weighted by atomic mass is 16.7. The van der Waals surface area contributed by atoms with Crippen LogP contribution in [0.4, 0.5) is 0 Å². The van der Waals surface area contributed by atoms with Crippen molar-refractivity contribution in [1.29, 1.82) is 0 Å². The molecule has 1 aromatic rings. The molecule has 1 aliphatic carbocycles. The van der Waals surface area contributed by atoms with Crippen molar-refractivity contribution in [2.75, 3.05) is 6.61 Å². The van der Waals surface area contributed by atoms with Crippen LogP contribution in [0.15, 0.2) is 30.3 Å². The molecule has 1 aliphatic heterocycles. The van der Waals surface area contributed by atoms with Gasteiger partial charge in [-0.15, -0.1) is 0 Å². The van der Waals surface area contributed by atoms with E-state index in [4.69, 9.17) is 18.9 Å². The molecule has 1 saturated carbocycles. The fourth-order valence-corrected chi connectivity index (χ4v) is 3.11. The van der Waals surface area contributed by atoms with Crippen molar-refractivity contribution in [3.8, 4) is 0 Å². The molecule has 0 amide bonds. The minimum Gasteiger partial charge on any atom is -0.459 e. The van der Waals surface area contributed by atoms with E-state index in [9.17, 15) is 9.59 Å². The van der Waals surface area contributed by atoms with Crippen molar-refractivity contribution in [3.05, 3.63) is 35.9 Å². The van der Waals surface area contributed by atoms with E-state index in [1.807, 2.05) is 30.3 Å². The average molecular weight is 320 g/mol. The normalized spacial score (nSPS) is 31.3. The summed E-state index contributed by atoms with van der Waals surface area (Å²) in [5.41, 5.74) is 1.06. The van der Waals surface area contributed by atoms with Crippen molar-refractivity contribution in [2.45, 2.75) is 44.9 Å². The summed E-state index contributed by atoms with van der Waals surface area (Å²) in [6.45, 7) is 3.51. The molecule has 6 heteroatoms. The Morgan fingerprint density at radius 3 is 2.09 bits per heavy atom. The van der Waals surface area contributed by atoms with Gasteiger partial charge in [-0.25, -0.2) is 0 Å². The Bertz CT molecular complexity index is 544. The van der Waals surface area contributed by atoms with Crippen LogP contribution in [-0.2, 0) is 35.1 Å². The van der Waals surface area contributed by atoms with E-state index < -0.39 is 12.2 Å². The molecule has 0 bridgehead atoms. The van der Waals surface area contributed by atoms with Crippen molar-refractivity contribution < 1.29 is 28.5 Å². The molecule has 0 radical (unpaired) electrons. The van der Waals surface area contributed by atoms with Gasteiger partial charge in [0.15, 0.2) is 0 Å². The van der Waals surface area contributed by atoms with Gasteiger partial charge < -0.3 is 18.9 Å². The molecule has 2 fully saturated rings. The number of ether oxygens (including phenoxy) is 4.